The molecule has 2 aliphatic heterocycles. The van der Waals surface area contributed by atoms with Crippen LogP contribution in [0, 0.1) is 22.7 Å². The van der Waals surface area contributed by atoms with E-state index in [1.807, 2.05) is 18.5 Å². The summed E-state index contributed by atoms with van der Waals surface area (Å²) in [5.41, 5.74) is 8.53. The number of fused-ring (bicyclic) bond motifs is 2. The molecular weight excluding hydrogens is 976 g/mol. The van der Waals surface area contributed by atoms with Gasteiger partial charge in [0.25, 0.3) is 0 Å². The number of hydrogen-bond donors (Lipinski definition) is 3. The maximum atomic E-state index is 12.9. The lowest BCUT2D eigenvalue weighted by Crippen LogP contribution is -2.26. The molecule has 2 spiro atoms. The molecule has 6 aromatic heterocycles. The molecule has 4 fully saturated rings. The van der Waals surface area contributed by atoms with Crippen LogP contribution in [0.15, 0.2) is 104 Å². The largest absolute Gasteiger partial charge is 0.393 e. The Morgan fingerprint density at radius 2 is 1.30 bits per heavy atom. The zero-order valence-corrected chi connectivity index (χ0v) is 41.3. The van der Waals surface area contributed by atoms with Crippen molar-refractivity contribution in [3.05, 3.63) is 130 Å². The second kappa shape index (κ2) is 20.6. The predicted molar refractivity (Wildman–Crippen MR) is 271 cm³/mol. The van der Waals surface area contributed by atoms with Crippen LogP contribution in [-0.4, -0.2) is 73.6 Å². The van der Waals surface area contributed by atoms with Gasteiger partial charge in [0.1, 0.15) is 33.3 Å². The van der Waals surface area contributed by atoms with Gasteiger partial charge in [0.15, 0.2) is 0 Å². The number of benzene rings is 2. The number of rotatable bonds is 9. The maximum absolute atomic E-state index is 12.9. The second-order valence-electron chi connectivity index (χ2n) is 20.0. The number of hydrogen-bond acceptors (Lipinski definition) is 9. The first kappa shape index (κ1) is 49.2. The summed E-state index contributed by atoms with van der Waals surface area (Å²) >= 11 is 7.82. The maximum Gasteiger partial charge on any atom is 0.393 e. The third-order valence-electron chi connectivity index (χ3n) is 14.8. The first-order valence-corrected chi connectivity index (χ1v) is 26.2. The van der Waals surface area contributed by atoms with Crippen LogP contribution in [0.2, 0.25) is 5.15 Å². The lowest BCUT2D eigenvalue weighted by atomic mass is 9.83. The van der Waals surface area contributed by atoms with Crippen molar-refractivity contribution >= 4 is 60.5 Å². The van der Waals surface area contributed by atoms with Crippen molar-refractivity contribution in [1.82, 2.24) is 40.4 Å². The Morgan fingerprint density at radius 1 is 0.676 bits per heavy atom. The summed E-state index contributed by atoms with van der Waals surface area (Å²) in [6.45, 7) is 4.30. The van der Waals surface area contributed by atoms with Gasteiger partial charge in [-0.25, -0.2) is 19.9 Å². The van der Waals surface area contributed by atoms with Crippen molar-refractivity contribution < 1.29 is 26.3 Å². The molecule has 3 N–H and O–H groups in total. The second-order valence-corrected chi connectivity index (χ2v) is 22.6. The average molecular weight is 1030 g/mol. The van der Waals surface area contributed by atoms with E-state index in [0.29, 0.717) is 31.3 Å². The highest BCUT2D eigenvalue weighted by Crippen LogP contribution is 2.51. The number of alkyl halides is 6. The lowest BCUT2D eigenvalue weighted by molar-refractivity contribution is -0.127. The third-order valence-corrected chi connectivity index (χ3v) is 17.2. The number of thiophene rings is 2. The lowest BCUT2D eigenvalue weighted by Gasteiger charge is -2.25. The zero-order chi connectivity index (χ0) is 49.2. The van der Waals surface area contributed by atoms with Crippen LogP contribution in [0.25, 0.3) is 42.8 Å². The van der Waals surface area contributed by atoms with E-state index < -0.39 is 25.2 Å². The molecule has 8 heterocycles. The monoisotopic (exact) mass is 1030 g/mol. The molecule has 8 aromatic rings. The molecule has 4 atom stereocenters. The van der Waals surface area contributed by atoms with Gasteiger partial charge in [-0.05, 0) is 146 Å². The van der Waals surface area contributed by atoms with E-state index in [-0.39, 0.29) is 15.4 Å². The van der Waals surface area contributed by atoms with Crippen molar-refractivity contribution in [2.75, 3.05) is 31.1 Å². The van der Waals surface area contributed by atoms with Crippen LogP contribution in [-0.2, 0) is 25.7 Å². The molecule has 12 rings (SSSR count). The Labute approximate surface area is 420 Å². The average Bonchev–Trinajstić information content (AvgIpc) is 4.19. The quantitative estimate of drug-likeness (QED) is 0.0975. The number of anilines is 1. The Hall–Kier alpha value is -5.36. The Bertz CT molecular complexity index is 3000. The van der Waals surface area contributed by atoms with Crippen LogP contribution in [0.4, 0.5) is 32.2 Å². The summed E-state index contributed by atoms with van der Waals surface area (Å²) in [6, 6.07) is 25.0. The molecule has 0 radical (unpaired) electrons. The fourth-order valence-electron chi connectivity index (χ4n) is 11.5. The number of nitrogens with one attached hydrogen (secondary N) is 3. The molecule has 0 bridgehead atoms. The number of aromatic nitrogens is 7. The van der Waals surface area contributed by atoms with Crippen LogP contribution in [0.1, 0.15) is 72.2 Å². The van der Waals surface area contributed by atoms with Crippen molar-refractivity contribution in [1.29, 1.82) is 0 Å². The van der Waals surface area contributed by atoms with Gasteiger partial charge < -0.3 is 15.2 Å². The first-order chi connectivity index (χ1) is 34.1. The fraction of sp³-hybridized carbons (Fsp3) is 0.415. The molecule has 18 heteroatoms. The van der Waals surface area contributed by atoms with E-state index >= 15 is 0 Å². The summed E-state index contributed by atoms with van der Waals surface area (Å²) < 4.78 is 75.0. The Kier molecular flexibility index (Phi) is 14.3. The minimum Gasteiger partial charge on any atom is -0.367 e. The highest BCUT2D eigenvalue weighted by molar-refractivity contribution is 7.19. The number of halogens is 7. The van der Waals surface area contributed by atoms with Gasteiger partial charge in [0.05, 0.1) is 23.9 Å². The zero-order valence-electron chi connectivity index (χ0n) is 38.9. The number of nitrogens with zero attached hydrogens (tertiary/aromatic N) is 6. The summed E-state index contributed by atoms with van der Waals surface area (Å²) in [5.74, 6) is 2.33. The van der Waals surface area contributed by atoms with Gasteiger partial charge in [-0.2, -0.15) is 31.4 Å². The molecule has 372 valence electrons. The normalized spacial score (nSPS) is 22.2. The van der Waals surface area contributed by atoms with E-state index in [2.05, 4.69) is 99.9 Å². The number of aromatic amines is 2. The molecule has 2 aromatic carbocycles. The molecule has 4 aliphatic rings. The molecular formula is C53H54ClF6N9S2. The Morgan fingerprint density at radius 3 is 1.89 bits per heavy atom. The van der Waals surface area contributed by atoms with E-state index in [9.17, 15) is 26.3 Å². The molecule has 2 aliphatic carbocycles. The Balaban J connectivity index is 0.000000136. The van der Waals surface area contributed by atoms with Crippen molar-refractivity contribution in [2.45, 2.75) is 89.4 Å². The van der Waals surface area contributed by atoms with Crippen LogP contribution in [0.5, 0.6) is 0 Å². The van der Waals surface area contributed by atoms with Crippen molar-refractivity contribution in [3.8, 4) is 22.4 Å². The van der Waals surface area contributed by atoms with E-state index in [4.69, 9.17) is 11.6 Å². The van der Waals surface area contributed by atoms with E-state index in [0.717, 1.165) is 71.4 Å². The SMILES string of the molecule is FC(F)(F)Cc1cc2c(Cl)ncnc2s1.FC(F)(F)Cc1cc2c(N3CCC4(CCC(Cc5ccc(-c6cc[nH]c6)cc5)C4)C3)ncnc2s1.c1cc(-c2ccc(CC3CCC4(CCNC4)C3)cc2)[nH]n1. The van der Waals surface area contributed by atoms with Crippen LogP contribution < -0.4 is 10.2 Å². The molecule has 4 unspecified atom stereocenters. The molecule has 2 saturated carbocycles. The third kappa shape index (κ3) is 12.1. The smallest absolute Gasteiger partial charge is 0.367 e. The first-order valence-electron chi connectivity index (χ1n) is 24.2. The highest BCUT2D eigenvalue weighted by Gasteiger charge is 2.45. The van der Waals surface area contributed by atoms with Crippen molar-refractivity contribution in [2.24, 2.45) is 22.7 Å². The summed E-state index contributed by atoms with van der Waals surface area (Å²) in [5, 5.41) is 12.0. The number of H-pyrrole nitrogens is 2. The summed E-state index contributed by atoms with van der Waals surface area (Å²) in [6.07, 6.45) is 10.9. The summed E-state index contributed by atoms with van der Waals surface area (Å²) in [4.78, 5) is 23.3. The predicted octanol–water partition coefficient (Wildman–Crippen LogP) is 13.9. The minimum absolute atomic E-state index is 0.185. The highest BCUT2D eigenvalue weighted by atomic mass is 35.5. The van der Waals surface area contributed by atoms with Crippen molar-refractivity contribution in [3.63, 3.8) is 0 Å². The standard InChI is InChI=1S/C27H27F3N4S.C18H23N3.C8H4ClF3N2S/c28-27(29,30)14-22-12-23-24(32-17-33-25(23)35-22)34-10-8-26(16-34)7-5-19(13-26)11-18-1-3-20(4-2-18)21-6-9-31-15-21;1-3-16(17-6-9-20-21-17)4-2-14(1)11-15-5-7-18(12-15)8-10-19-13-18;9-6-5-1-4(2-8(10,11)12)15-7(5)14-3-13-6/h1-4,6,9,12,15,17,19,31H,5,7-8,10-11,13-14,16H2;1-4,6,9,15,19H,5,7-8,10-13H2,(H,20,21);1,3H,2H2. The van der Waals surface area contributed by atoms with Gasteiger partial charge in [-0.15, -0.1) is 22.7 Å². The van der Waals surface area contributed by atoms with Gasteiger partial charge >= 0.3 is 12.4 Å². The van der Waals surface area contributed by atoms with E-state index in [1.165, 1.54) is 111 Å². The van der Waals surface area contributed by atoms with Crippen LogP contribution in [0.3, 0.4) is 0 Å². The topological polar surface area (TPSA) is 111 Å². The summed E-state index contributed by atoms with van der Waals surface area (Å²) in [7, 11) is 0. The minimum atomic E-state index is -4.21. The molecule has 0 amide bonds. The molecule has 71 heavy (non-hydrogen) atoms. The van der Waals surface area contributed by atoms with Gasteiger partial charge in [0.2, 0.25) is 0 Å². The van der Waals surface area contributed by atoms with Gasteiger partial charge in [-0.1, -0.05) is 60.1 Å². The molecule has 9 nitrogen and oxygen atoms in total. The van der Waals surface area contributed by atoms with Gasteiger partial charge in [0, 0.05) is 53.4 Å². The van der Waals surface area contributed by atoms with Crippen LogP contribution >= 0.6 is 34.3 Å². The van der Waals surface area contributed by atoms with Gasteiger partial charge in [-0.3, -0.25) is 5.10 Å². The van der Waals surface area contributed by atoms with E-state index in [1.54, 1.807) is 12.3 Å². The fourth-order valence-corrected chi connectivity index (χ4v) is 13.8. The molecule has 2 saturated heterocycles.